The van der Waals surface area contributed by atoms with E-state index in [1.54, 1.807) is 0 Å². The Labute approximate surface area is 98.2 Å². The molecule has 2 atom stereocenters. The molecule has 0 amide bonds. The van der Waals surface area contributed by atoms with Crippen LogP contribution in [0.15, 0.2) is 0 Å². The summed E-state index contributed by atoms with van der Waals surface area (Å²) in [4.78, 5) is 2.65. The maximum Gasteiger partial charge on any atom is 0.0771 e. The maximum absolute atomic E-state index is 10.1. The van der Waals surface area contributed by atoms with Crippen molar-refractivity contribution in [2.45, 2.75) is 62.6 Å². The highest BCUT2D eigenvalue weighted by Crippen LogP contribution is 2.32. The van der Waals surface area contributed by atoms with Crippen molar-refractivity contribution in [3.8, 4) is 0 Å². The number of aliphatic hydroxyl groups is 1. The van der Waals surface area contributed by atoms with Crippen LogP contribution in [-0.4, -0.2) is 47.3 Å². The molecule has 2 unspecified atom stereocenters. The summed E-state index contributed by atoms with van der Waals surface area (Å²) in [5, 5.41) is 13.7. The predicted molar refractivity (Wildman–Crippen MR) is 64.4 cm³/mol. The van der Waals surface area contributed by atoms with Crippen molar-refractivity contribution in [3.05, 3.63) is 0 Å². The number of fused-ring (bicyclic) bond motifs is 1. The molecule has 3 fully saturated rings. The van der Waals surface area contributed by atoms with Gasteiger partial charge in [0.2, 0.25) is 0 Å². The smallest absolute Gasteiger partial charge is 0.0771 e. The summed E-state index contributed by atoms with van der Waals surface area (Å²) in [7, 11) is 0. The second-order valence-electron chi connectivity index (χ2n) is 6.01. The van der Waals surface area contributed by atoms with Gasteiger partial charge in [0.15, 0.2) is 0 Å². The highest BCUT2D eigenvalue weighted by atomic mass is 16.3. The molecular formula is C13H24N2O. The molecule has 1 saturated carbocycles. The summed E-state index contributed by atoms with van der Waals surface area (Å²) in [6.45, 7) is 3.41. The summed E-state index contributed by atoms with van der Waals surface area (Å²) in [5.74, 6) is 0. The zero-order chi connectivity index (χ0) is 11.0. The van der Waals surface area contributed by atoms with Gasteiger partial charge in [-0.15, -0.1) is 0 Å². The third kappa shape index (κ3) is 2.13. The van der Waals surface area contributed by atoms with E-state index < -0.39 is 0 Å². The Morgan fingerprint density at radius 3 is 2.81 bits per heavy atom. The van der Waals surface area contributed by atoms with Gasteiger partial charge in [-0.2, -0.15) is 0 Å². The van der Waals surface area contributed by atoms with Crippen molar-refractivity contribution in [3.63, 3.8) is 0 Å². The van der Waals surface area contributed by atoms with Crippen LogP contribution < -0.4 is 5.32 Å². The molecule has 0 radical (unpaired) electrons. The standard InChI is InChI=1S/C13H24N2O/c16-13(5-2-6-13)10-14-11-4-8-15-7-1-3-12(15)9-11/h11-12,14,16H,1-10H2. The predicted octanol–water partition coefficient (Wildman–Crippen LogP) is 1.12. The van der Waals surface area contributed by atoms with Gasteiger partial charge in [0.25, 0.3) is 0 Å². The molecule has 2 N–H and O–H groups in total. The zero-order valence-electron chi connectivity index (χ0n) is 10.1. The molecule has 2 heterocycles. The summed E-state index contributed by atoms with van der Waals surface area (Å²) < 4.78 is 0. The molecule has 3 nitrogen and oxygen atoms in total. The minimum Gasteiger partial charge on any atom is -0.389 e. The second kappa shape index (κ2) is 4.28. The molecule has 3 heteroatoms. The van der Waals surface area contributed by atoms with E-state index in [0.29, 0.717) is 6.04 Å². The van der Waals surface area contributed by atoms with Crippen LogP contribution in [0.25, 0.3) is 0 Å². The molecule has 0 aromatic heterocycles. The molecule has 3 rings (SSSR count). The van der Waals surface area contributed by atoms with E-state index >= 15 is 0 Å². The van der Waals surface area contributed by atoms with Crippen molar-refractivity contribution in [2.24, 2.45) is 0 Å². The van der Waals surface area contributed by atoms with E-state index in [0.717, 1.165) is 25.4 Å². The normalized spacial score (nSPS) is 38.1. The molecule has 1 aliphatic carbocycles. The Bertz CT molecular complexity index is 252. The Kier molecular flexibility index (Phi) is 2.94. The van der Waals surface area contributed by atoms with Gasteiger partial charge in [-0.25, -0.2) is 0 Å². The fraction of sp³-hybridized carbons (Fsp3) is 1.00. The maximum atomic E-state index is 10.1. The Morgan fingerprint density at radius 2 is 2.06 bits per heavy atom. The molecule has 16 heavy (non-hydrogen) atoms. The van der Waals surface area contributed by atoms with Crippen molar-refractivity contribution < 1.29 is 5.11 Å². The number of hydrogen-bond acceptors (Lipinski definition) is 3. The lowest BCUT2D eigenvalue weighted by Crippen LogP contribution is -2.52. The van der Waals surface area contributed by atoms with Crippen LogP contribution in [0.3, 0.4) is 0 Å². The minimum atomic E-state index is -0.354. The first-order valence-corrected chi connectivity index (χ1v) is 6.95. The Hall–Kier alpha value is -0.120. The monoisotopic (exact) mass is 224 g/mol. The second-order valence-corrected chi connectivity index (χ2v) is 6.01. The SMILES string of the molecule is OC1(CNC2CCN3CCCC3C2)CCC1. The first-order chi connectivity index (χ1) is 7.75. The van der Waals surface area contributed by atoms with Crippen LogP contribution >= 0.6 is 0 Å². The molecule has 2 aliphatic heterocycles. The van der Waals surface area contributed by atoms with E-state index in [9.17, 15) is 5.11 Å². The quantitative estimate of drug-likeness (QED) is 0.754. The average Bonchev–Trinajstić information content (AvgIpc) is 2.70. The van der Waals surface area contributed by atoms with Gasteiger partial charge in [0, 0.05) is 18.6 Å². The third-order valence-corrected chi connectivity index (χ3v) is 4.82. The molecule has 3 aliphatic rings. The van der Waals surface area contributed by atoms with E-state index in [1.807, 2.05) is 0 Å². The summed E-state index contributed by atoms with van der Waals surface area (Å²) >= 11 is 0. The lowest BCUT2D eigenvalue weighted by Gasteiger charge is -2.40. The molecular weight excluding hydrogens is 200 g/mol. The number of nitrogens with one attached hydrogen (secondary N) is 1. The van der Waals surface area contributed by atoms with Crippen LogP contribution in [-0.2, 0) is 0 Å². The van der Waals surface area contributed by atoms with Crippen molar-refractivity contribution in [2.75, 3.05) is 19.6 Å². The van der Waals surface area contributed by atoms with Gasteiger partial charge in [-0.3, -0.25) is 0 Å². The van der Waals surface area contributed by atoms with Crippen molar-refractivity contribution >= 4 is 0 Å². The molecule has 0 bridgehead atoms. The minimum absolute atomic E-state index is 0.354. The number of rotatable bonds is 3. The first kappa shape index (κ1) is 11.0. The van der Waals surface area contributed by atoms with Crippen LogP contribution in [0.1, 0.15) is 44.9 Å². The third-order valence-electron chi connectivity index (χ3n) is 4.82. The van der Waals surface area contributed by atoms with E-state index in [-0.39, 0.29) is 5.60 Å². The van der Waals surface area contributed by atoms with Crippen LogP contribution in [0.4, 0.5) is 0 Å². The highest BCUT2D eigenvalue weighted by Gasteiger charge is 2.36. The summed E-state index contributed by atoms with van der Waals surface area (Å²) in [6, 6.07) is 1.49. The van der Waals surface area contributed by atoms with Gasteiger partial charge in [-0.05, 0) is 58.0 Å². The van der Waals surface area contributed by atoms with Gasteiger partial charge in [0.1, 0.15) is 0 Å². The van der Waals surface area contributed by atoms with Gasteiger partial charge < -0.3 is 15.3 Å². The highest BCUT2D eigenvalue weighted by molar-refractivity contribution is 4.93. The Morgan fingerprint density at radius 1 is 1.19 bits per heavy atom. The van der Waals surface area contributed by atoms with E-state index in [2.05, 4.69) is 10.2 Å². The largest absolute Gasteiger partial charge is 0.389 e. The van der Waals surface area contributed by atoms with Crippen LogP contribution in [0.2, 0.25) is 0 Å². The number of hydrogen-bond donors (Lipinski definition) is 2. The average molecular weight is 224 g/mol. The molecule has 0 spiro atoms. The fourth-order valence-electron chi connectivity index (χ4n) is 3.51. The van der Waals surface area contributed by atoms with E-state index in [4.69, 9.17) is 0 Å². The van der Waals surface area contributed by atoms with Gasteiger partial charge >= 0.3 is 0 Å². The molecule has 92 valence electrons. The first-order valence-electron chi connectivity index (χ1n) is 6.95. The topological polar surface area (TPSA) is 35.5 Å². The van der Waals surface area contributed by atoms with Crippen molar-refractivity contribution in [1.82, 2.24) is 10.2 Å². The van der Waals surface area contributed by atoms with E-state index in [1.165, 1.54) is 45.2 Å². The summed E-state index contributed by atoms with van der Waals surface area (Å²) in [6.07, 6.45) is 8.57. The van der Waals surface area contributed by atoms with Crippen LogP contribution in [0.5, 0.6) is 0 Å². The van der Waals surface area contributed by atoms with Crippen LogP contribution in [0, 0.1) is 0 Å². The molecule has 0 aromatic carbocycles. The lowest BCUT2D eigenvalue weighted by atomic mass is 9.80. The van der Waals surface area contributed by atoms with Gasteiger partial charge in [0.05, 0.1) is 5.60 Å². The number of nitrogens with zero attached hydrogens (tertiary/aromatic N) is 1. The molecule has 2 saturated heterocycles. The van der Waals surface area contributed by atoms with Gasteiger partial charge in [-0.1, -0.05) is 0 Å². The lowest BCUT2D eigenvalue weighted by molar-refractivity contribution is -0.0350. The molecule has 0 aromatic rings. The fourth-order valence-corrected chi connectivity index (χ4v) is 3.51. The zero-order valence-corrected chi connectivity index (χ0v) is 10.1. The Balaban J connectivity index is 1.45. The number of piperidine rings is 1. The summed E-state index contributed by atoms with van der Waals surface area (Å²) in [5.41, 5.74) is -0.354. The van der Waals surface area contributed by atoms with Crippen molar-refractivity contribution in [1.29, 1.82) is 0 Å².